The highest BCUT2D eigenvalue weighted by molar-refractivity contribution is 9.10. The molecule has 0 atom stereocenters. The molecule has 1 aliphatic carbocycles. The molecule has 16 heavy (non-hydrogen) atoms. The first-order chi connectivity index (χ1) is 7.59. The summed E-state index contributed by atoms with van der Waals surface area (Å²) in [6, 6.07) is 4.88. The molecule has 0 spiro atoms. The normalized spacial score (nSPS) is 16.7. The Morgan fingerprint density at radius 2 is 1.94 bits per heavy atom. The lowest BCUT2D eigenvalue weighted by molar-refractivity contribution is 0.652. The summed E-state index contributed by atoms with van der Waals surface area (Å²) in [5, 5.41) is 0. The molecule has 0 amide bonds. The second-order valence-corrected chi connectivity index (χ2v) is 5.56. The molecule has 1 saturated carbocycles. The number of hydrogen-bond acceptors (Lipinski definition) is 2. The lowest BCUT2D eigenvalue weighted by atomic mass is 10.1. The molecule has 0 radical (unpaired) electrons. The van der Waals surface area contributed by atoms with Crippen LogP contribution in [0.1, 0.15) is 31.2 Å². The van der Waals surface area contributed by atoms with Crippen molar-refractivity contribution < 1.29 is 0 Å². The van der Waals surface area contributed by atoms with Gasteiger partial charge in [-0.15, -0.1) is 0 Å². The molecule has 1 fully saturated rings. The van der Waals surface area contributed by atoms with Gasteiger partial charge in [-0.2, -0.15) is 0 Å². The molecule has 3 heteroatoms. The molecule has 1 aliphatic rings. The highest BCUT2D eigenvalue weighted by atomic mass is 79.9. The number of nitrogens with two attached hydrogens (primary N) is 1. The van der Waals surface area contributed by atoms with Crippen LogP contribution in [0.4, 0.5) is 11.4 Å². The summed E-state index contributed by atoms with van der Waals surface area (Å²) in [5.41, 5.74) is 9.17. The van der Waals surface area contributed by atoms with Crippen molar-refractivity contribution in [2.75, 3.05) is 17.7 Å². The van der Waals surface area contributed by atoms with Crippen LogP contribution in [-0.2, 0) is 0 Å². The average molecular weight is 283 g/mol. The quantitative estimate of drug-likeness (QED) is 0.838. The molecule has 0 unspecified atom stereocenters. The van der Waals surface area contributed by atoms with Crippen molar-refractivity contribution in [2.45, 2.75) is 38.6 Å². The minimum absolute atomic E-state index is 0.694. The van der Waals surface area contributed by atoms with E-state index in [-0.39, 0.29) is 0 Å². The van der Waals surface area contributed by atoms with Crippen LogP contribution >= 0.6 is 15.9 Å². The summed E-state index contributed by atoms with van der Waals surface area (Å²) in [6.45, 7) is 2.06. The van der Waals surface area contributed by atoms with Crippen LogP contribution < -0.4 is 10.6 Å². The summed E-state index contributed by atoms with van der Waals surface area (Å²) in [5.74, 6) is 0. The summed E-state index contributed by atoms with van der Waals surface area (Å²) in [6.07, 6.45) is 5.35. The maximum Gasteiger partial charge on any atom is 0.0514 e. The maximum atomic E-state index is 5.89. The number of nitrogens with zero attached hydrogens (tertiary/aromatic N) is 1. The fourth-order valence-electron chi connectivity index (χ4n) is 2.44. The van der Waals surface area contributed by atoms with E-state index >= 15 is 0 Å². The van der Waals surface area contributed by atoms with Gasteiger partial charge in [0.05, 0.1) is 5.69 Å². The smallest absolute Gasteiger partial charge is 0.0514 e. The van der Waals surface area contributed by atoms with Gasteiger partial charge in [0.2, 0.25) is 0 Å². The van der Waals surface area contributed by atoms with Gasteiger partial charge in [0.25, 0.3) is 0 Å². The van der Waals surface area contributed by atoms with Crippen LogP contribution in [0.25, 0.3) is 0 Å². The Morgan fingerprint density at radius 3 is 2.56 bits per heavy atom. The van der Waals surface area contributed by atoms with Gasteiger partial charge < -0.3 is 10.6 Å². The van der Waals surface area contributed by atoms with Crippen LogP contribution in [0.15, 0.2) is 16.6 Å². The number of hydrogen-bond donors (Lipinski definition) is 1. The molecular formula is C13H19BrN2. The van der Waals surface area contributed by atoms with Gasteiger partial charge in [-0.1, -0.05) is 12.8 Å². The molecule has 1 aromatic rings. The van der Waals surface area contributed by atoms with Crippen LogP contribution in [-0.4, -0.2) is 13.1 Å². The molecule has 2 N–H and O–H groups in total. The fraction of sp³-hybridized carbons (Fsp3) is 0.538. The first-order valence-corrected chi connectivity index (χ1v) is 6.67. The zero-order valence-corrected chi connectivity index (χ0v) is 11.5. The van der Waals surface area contributed by atoms with Crippen molar-refractivity contribution in [3.8, 4) is 0 Å². The minimum atomic E-state index is 0.694. The van der Waals surface area contributed by atoms with E-state index < -0.39 is 0 Å². The van der Waals surface area contributed by atoms with E-state index in [0.29, 0.717) is 6.04 Å². The number of rotatable bonds is 2. The number of anilines is 2. The highest BCUT2D eigenvalue weighted by Gasteiger charge is 2.21. The molecule has 1 aromatic carbocycles. The van der Waals surface area contributed by atoms with Crippen molar-refractivity contribution in [3.05, 3.63) is 22.2 Å². The number of aryl methyl sites for hydroxylation is 1. The van der Waals surface area contributed by atoms with Crippen LogP contribution in [0.5, 0.6) is 0 Å². The average Bonchev–Trinajstić information content (AvgIpc) is 2.75. The highest BCUT2D eigenvalue weighted by Crippen LogP contribution is 2.34. The molecule has 88 valence electrons. The van der Waals surface area contributed by atoms with Crippen molar-refractivity contribution in [3.63, 3.8) is 0 Å². The summed E-state index contributed by atoms with van der Waals surface area (Å²) >= 11 is 3.61. The lowest BCUT2D eigenvalue weighted by Gasteiger charge is -2.28. The predicted octanol–water partition coefficient (Wildman–Crippen LogP) is 3.72. The summed E-state index contributed by atoms with van der Waals surface area (Å²) < 4.78 is 1.10. The molecule has 0 heterocycles. The van der Waals surface area contributed by atoms with Gasteiger partial charge in [-0.05, 0) is 53.4 Å². The Balaban J connectivity index is 2.28. The Hall–Kier alpha value is -0.700. The monoisotopic (exact) mass is 282 g/mol. The minimum Gasteiger partial charge on any atom is -0.398 e. The second kappa shape index (κ2) is 4.66. The largest absolute Gasteiger partial charge is 0.398 e. The van der Waals surface area contributed by atoms with E-state index in [1.165, 1.54) is 31.4 Å². The van der Waals surface area contributed by atoms with Crippen LogP contribution in [0.3, 0.4) is 0 Å². The zero-order valence-electron chi connectivity index (χ0n) is 9.96. The van der Waals surface area contributed by atoms with E-state index in [4.69, 9.17) is 5.73 Å². The molecule has 0 saturated heterocycles. The van der Waals surface area contributed by atoms with Gasteiger partial charge in [0.15, 0.2) is 0 Å². The third-order valence-electron chi connectivity index (χ3n) is 3.59. The van der Waals surface area contributed by atoms with Gasteiger partial charge in [0, 0.05) is 23.2 Å². The van der Waals surface area contributed by atoms with E-state index in [1.807, 2.05) is 6.07 Å². The van der Waals surface area contributed by atoms with Crippen LogP contribution in [0.2, 0.25) is 0 Å². The van der Waals surface area contributed by atoms with E-state index in [9.17, 15) is 0 Å². The van der Waals surface area contributed by atoms with Crippen molar-refractivity contribution in [1.29, 1.82) is 0 Å². The van der Waals surface area contributed by atoms with E-state index in [1.54, 1.807) is 0 Å². The van der Waals surface area contributed by atoms with Crippen molar-refractivity contribution in [1.82, 2.24) is 0 Å². The number of nitrogen functional groups attached to an aromatic ring is 1. The second-order valence-electron chi connectivity index (χ2n) is 4.71. The summed E-state index contributed by atoms with van der Waals surface area (Å²) in [7, 11) is 2.19. The van der Waals surface area contributed by atoms with Gasteiger partial charge >= 0.3 is 0 Å². The molecule has 0 aliphatic heterocycles. The third kappa shape index (κ3) is 2.19. The maximum absolute atomic E-state index is 5.89. The topological polar surface area (TPSA) is 29.3 Å². The SMILES string of the molecule is Cc1cc(N(C)C2CCCC2)c(Br)cc1N. The zero-order chi connectivity index (χ0) is 11.7. The molecule has 0 bridgehead atoms. The van der Waals surface area contributed by atoms with Crippen LogP contribution in [0, 0.1) is 6.92 Å². The standard InChI is InChI=1S/C13H19BrN2/c1-9-7-13(11(14)8-12(9)15)16(2)10-5-3-4-6-10/h7-8,10H,3-6,15H2,1-2H3. The van der Waals surface area contributed by atoms with E-state index in [0.717, 1.165) is 15.7 Å². The Kier molecular flexibility index (Phi) is 3.43. The first-order valence-electron chi connectivity index (χ1n) is 5.88. The van der Waals surface area contributed by atoms with Gasteiger partial charge in [0.1, 0.15) is 0 Å². The van der Waals surface area contributed by atoms with Gasteiger partial charge in [-0.3, -0.25) is 0 Å². The Labute approximate surface area is 106 Å². The Morgan fingerprint density at radius 1 is 1.31 bits per heavy atom. The molecule has 2 rings (SSSR count). The van der Waals surface area contributed by atoms with E-state index in [2.05, 4.69) is 40.9 Å². The van der Waals surface area contributed by atoms with Crippen molar-refractivity contribution in [2.24, 2.45) is 0 Å². The third-order valence-corrected chi connectivity index (χ3v) is 4.22. The summed E-state index contributed by atoms with van der Waals surface area (Å²) in [4.78, 5) is 2.39. The fourth-order valence-corrected chi connectivity index (χ4v) is 3.08. The lowest BCUT2D eigenvalue weighted by Crippen LogP contribution is -2.29. The first kappa shape index (κ1) is 11.8. The predicted molar refractivity (Wildman–Crippen MR) is 74.0 cm³/mol. The van der Waals surface area contributed by atoms with Gasteiger partial charge in [-0.25, -0.2) is 0 Å². The molecular weight excluding hydrogens is 264 g/mol. The molecule has 2 nitrogen and oxygen atoms in total. The van der Waals surface area contributed by atoms with Crippen molar-refractivity contribution >= 4 is 27.3 Å². The molecule has 0 aromatic heterocycles. The number of benzene rings is 1. The Bertz CT molecular complexity index is 384. The number of halogens is 1.